The highest BCUT2D eigenvalue weighted by Crippen LogP contribution is 2.30. The number of rotatable bonds is 16. The predicted molar refractivity (Wildman–Crippen MR) is 226 cm³/mol. The highest BCUT2D eigenvalue weighted by molar-refractivity contribution is 6.00. The lowest BCUT2D eigenvalue weighted by Gasteiger charge is -2.30. The Balaban J connectivity index is 1.10. The molecule has 2 fully saturated rings. The summed E-state index contributed by atoms with van der Waals surface area (Å²) >= 11 is 0. The third kappa shape index (κ3) is 11.4. The molecule has 16 heteroatoms. The molecule has 61 heavy (non-hydrogen) atoms. The Bertz CT molecular complexity index is 2100. The molecule has 0 spiro atoms. The Hall–Kier alpha value is -6.13. The predicted octanol–water partition coefficient (Wildman–Crippen LogP) is 1.87. The second-order valence-corrected chi connectivity index (χ2v) is 16.2. The van der Waals surface area contributed by atoms with Gasteiger partial charge in [0.05, 0.1) is 24.2 Å². The molecule has 1 unspecified atom stereocenters. The summed E-state index contributed by atoms with van der Waals surface area (Å²) in [5.74, 6) is -3.86. The first-order valence-corrected chi connectivity index (χ1v) is 21.0. The van der Waals surface area contributed by atoms with Gasteiger partial charge in [-0.15, -0.1) is 0 Å². The summed E-state index contributed by atoms with van der Waals surface area (Å²) in [4.78, 5) is 94.2. The summed E-state index contributed by atoms with van der Waals surface area (Å²) in [6.45, 7) is 3.70. The van der Waals surface area contributed by atoms with E-state index in [9.17, 15) is 38.7 Å². The van der Waals surface area contributed by atoms with Crippen LogP contribution in [0.5, 0.6) is 0 Å². The number of carbonyl (C=O) groups is 7. The van der Waals surface area contributed by atoms with Crippen LogP contribution < -0.4 is 37.2 Å². The quantitative estimate of drug-likeness (QED) is 0.105. The van der Waals surface area contributed by atoms with Crippen molar-refractivity contribution in [2.45, 2.75) is 107 Å². The topological polar surface area (TPSA) is 227 Å². The average molecular weight is 837 g/mol. The van der Waals surface area contributed by atoms with Crippen LogP contribution >= 0.6 is 0 Å². The normalized spacial score (nSPS) is 22.1. The summed E-state index contributed by atoms with van der Waals surface area (Å²) in [5, 5.41) is 30.1. The van der Waals surface area contributed by atoms with E-state index >= 15 is 0 Å². The summed E-state index contributed by atoms with van der Waals surface area (Å²) < 4.78 is 0. The Morgan fingerprint density at radius 3 is 2.20 bits per heavy atom. The van der Waals surface area contributed by atoms with Crippen LogP contribution in [-0.4, -0.2) is 108 Å². The first-order valence-electron chi connectivity index (χ1n) is 21.0. The third-order valence-electron chi connectivity index (χ3n) is 11.8. The number of benzene rings is 3. The van der Waals surface area contributed by atoms with Gasteiger partial charge in [-0.25, -0.2) is 0 Å². The molecule has 1 aliphatic carbocycles. The highest BCUT2D eigenvalue weighted by Gasteiger charge is 2.43. The number of likely N-dealkylation sites (N-methyl/N-ethyl adjacent to an activating group) is 1. The van der Waals surface area contributed by atoms with E-state index in [0.29, 0.717) is 13.0 Å². The van der Waals surface area contributed by atoms with Gasteiger partial charge >= 0.3 is 5.97 Å². The van der Waals surface area contributed by atoms with Crippen molar-refractivity contribution < 1.29 is 38.7 Å². The van der Waals surface area contributed by atoms with Crippen molar-refractivity contribution in [3.05, 3.63) is 107 Å². The lowest BCUT2D eigenvalue weighted by Crippen LogP contribution is -2.56. The molecule has 8 atom stereocenters. The van der Waals surface area contributed by atoms with Crippen LogP contribution in [-0.2, 0) is 30.4 Å². The number of hydrogen-bond acceptors (Lipinski definition) is 9. The van der Waals surface area contributed by atoms with Crippen molar-refractivity contribution in [2.24, 2.45) is 0 Å². The Morgan fingerprint density at radius 1 is 0.803 bits per heavy atom. The number of nitrogens with one attached hydrogen (secondary N) is 7. The summed E-state index contributed by atoms with van der Waals surface area (Å²) in [6.07, 6.45) is 2.67. The maximum atomic E-state index is 14.2. The van der Waals surface area contributed by atoms with Gasteiger partial charge in [-0.2, -0.15) is 0 Å². The monoisotopic (exact) mass is 836 g/mol. The maximum Gasteiger partial charge on any atom is 0.303 e. The van der Waals surface area contributed by atoms with E-state index < -0.39 is 78.2 Å². The molecule has 3 aromatic carbocycles. The van der Waals surface area contributed by atoms with Crippen molar-refractivity contribution in [1.29, 1.82) is 0 Å². The molecule has 0 saturated carbocycles. The van der Waals surface area contributed by atoms with E-state index in [2.05, 4.69) is 49.4 Å². The molecule has 3 aromatic rings. The molecule has 0 radical (unpaired) electrons. The minimum Gasteiger partial charge on any atom is -0.481 e. The van der Waals surface area contributed by atoms with Crippen LogP contribution in [0.15, 0.2) is 78.9 Å². The summed E-state index contributed by atoms with van der Waals surface area (Å²) in [5.41, 5.74) is 3.65. The molecule has 16 nitrogen and oxygen atoms in total. The number of fused-ring (bicyclic) bond motifs is 1. The number of likely N-dealkylation sites (tertiary alicyclic amines) is 1. The van der Waals surface area contributed by atoms with E-state index in [4.69, 9.17) is 0 Å². The van der Waals surface area contributed by atoms with E-state index in [1.165, 1.54) is 16.5 Å². The van der Waals surface area contributed by atoms with E-state index in [1.54, 1.807) is 32.2 Å². The van der Waals surface area contributed by atoms with Gasteiger partial charge in [0.25, 0.3) is 11.8 Å². The van der Waals surface area contributed by atoms with Crippen molar-refractivity contribution in [2.75, 3.05) is 20.1 Å². The molecule has 2 aliphatic heterocycles. The van der Waals surface area contributed by atoms with Crippen molar-refractivity contribution in [3.8, 4) is 0 Å². The van der Waals surface area contributed by atoms with Gasteiger partial charge in [0.2, 0.25) is 23.6 Å². The third-order valence-corrected chi connectivity index (χ3v) is 11.8. The van der Waals surface area contributed by atoms with E-state index in [1.807, 2.05) is 49.4 Å². The molecule has 2 heterocycles. The number of carbonyl (C=O) groups excluding carboxylic acids is 6. The second-order valence-electron chi connectivity index (χ2n) is 16.2. The fourth-order valence-corrected chi connectivity index (χ4v) is 8.28. The summed E-state index contributed by atoms with van der Waals surface area (Å²) in [7, 11) is 1.57. The van der Waals surface area contributed by atoms with Gasteiger partial charge in [-0.1, -0.05) is 60.7 Å². The molecule has 6 amide bonds. The first kappa shape index (κ1) is 44.4. The van der Waals surface area contributed by atoms with Gasteiger partial charge in [-0.05, 0) is 94.3 Å². The molecule has 3 aliphatic rings. The molecule has 8 N–H and O–H groups in total. The van der Waals surface area contributed by atoms with Gasteiger partial charge in [0.1, 0.15) is 12.1 Å². The number of aliphatic carboxylic acids is 1. The smallest absolute Gasteiger partial charge is 0.303 e. The van der Waals surface area contributed by atoms with E-state index in [0.717, 1.165) is 30.4 Å². The minimum absolute atomic E-state index is 0.0359. The number of carboxylic acids is 1. The first-order chi connectivity index (χ1) is 29.3. The van der Waals surface area contributed by atoms with Gasteiger partial charge in [0, 0.05) is 42.7 Å². The van der Waals surface area contributed by atoms with E-state index in [-0.39, 0.29) is 48.5 Å². The molecule has 2 saturated heterocycles. The molecule has 0 aromatic heterocycles. The zero-order chi connectivity index (χ0) is 43.6. The zero-order valence-corrected chi connectivity index (χ0v) is 34.7. The SMILES string of the molecule is CN[C@@H](C)C(=O)N[C@@H](CCC(=O)O)C(=O)N1C[C@@H](NC(=O)c2cccc(C(=O)N[C@@H]3CN[C@H](C(=O)N[C@@H]4CCCc5ccccc54)C3)c2)CC1C(=O)N[C@H](C)c1ccccc1. The number of amides is 6. The second kappa shape index (κ2) is 20.4. The lowest BCUT2D eigenvalue weighted by atomic mass is 9.87. The largest absolute Gasteiger partial charge is 0.481 e. The van der Waals surface area contributed by atoms with Crippen LogP contribution in [0.2, 0.25) is 0 Å². The number of nitrogens with zero attached hydrogens (tertiary/aromatic N) is 1. The minimum atomic E-state index is -1.25. The zero-order valence-electron chi connectivity index (χ0n) is 34.7. The Morgan fingerprint density at radius 2 is 1.49 bits per heavy atom. The summed E-state index contributed by atoms with van der Waals surface area (Å²) in [6, 6.07) is 18.6. The number of carboxylic acid groups (broad SMARTS) is 1. The highest BCUT2D eigenvalue weighted by atomic mass is 16.4. The standard InChI is InChI=1S/C45H56N8O8/c1-26(28-11-5-4-6-12-28)48-44(60)38-23-33(25-53(38)45(61)36(19-20-39(54)55)52-40(56)27(2)46-3)50-42(58)31-16-9-15-30(21-31)41(57)49-32-22-37(47-24-32)43(59)51-35-18-10-14-29-13-7-8-17-34(29)35/h4-9,11-13,15-17,21,26-27,32-33,35-38,46-47H,10,14,18-20,22-25H2,1-3H3,(H,48,60)(H,49,57)(H,50,58)(H,51,59)(H,52,56)(H,54,55)/t26-,27+,32+,33+,35-,36+,37+,38?/m1/s1. The fraction of sp³-hybridized carbons (Fsp3) is 0.444. The molecule has 324 valence electrons. The maximum absolute atomic E-state index is 14.2. The van der Waals surface area contributed by atoms with Crippen molar-refractivity contribution in [1.82, 2.24) is 42.1 Å². The van der Waals surface area contributed by atoms with Gasteiger partial charge < -0.3 is 47.2 Å². The Kier molecular flexibility index (Phi) is 14.9. The van der Waals surface area contributed by atoms with Crippen LogP contribution in [0, 0.1) is 0 Å². The van der Waals surface area contributed by atoms with Crippen LogP contribution in [0.25, 0.3) is 0 Å². The van der Waals surface area contributed by atoms with Crippen LogP contribution in [0.1, 0.15) is 102 Å². The number of aryl methyl sites for hydroxylation is 1. The number of hydrogen-bond donors (Lipinski definition) is 8. The molecule has 0 bridgehead atoms. The van der Waals surface area contributed by atoms with Gasteiger partial charge in [0.15, 0.2) is 0 Å². The molecular weight excluding hydrogens is 781 g/mol. The Labute approximate surface area is 355 Å². The van der Waals surface area contributed by atoms with Crippen LogP contribution in [0.4, 0.5) is 0 Å². The molecule has 6 rings (SSSR count). The van der Waals surface area contributed by atoms with Crippen molar-refractivity contribution in [3.63, 3.8) is 0 Å². The van der Waals surface area contributed by atoms with Crippen molar-refractivity contribution >= 4 is 41.4 Å². The molecular formula is C45H56N8O8. The average Bonchev–Trinajstić information content (AvgIpc) is 3.92. The lowest BCUT2D eigenvalue weighted by molar-refractivity contribution is -0.143. The van der Waals surface area contributed by atoms with Gasteiger partial charge in [-0.3, -0.25) is 33.6 Å². The fourth-order valence-electron chi connectivity index (χ4n) is 8.28. The van der Waals surface area contributed by atoms with Crippen LogP contribution in [0.3, 0.4) is 0 Å².